The topological polar surface area (TPSA) is 111 Å². The lowest BCUT2D eigenvalue weighted by molar-refractivity contribution is -0.758. The standard InChI is InChI=1S/C7H11N3O5S/c1-4(2-15-10(13)14)8-6(11)5-3-16-7(12)9-5/h4-5H,2-3H2,1H3,(H,8,11)(H,9,12)/t4-,5-/m1/s1. The highest BCUT2D eigenvalue weighted by molar-refractivity contribution is 8.14. The van der Waals surface area contributed by atoms with Gasteiger partial charge in [0.05, 0.1) is 0 Å². The van der Waals surface area contributed by atoms with Gasteiger partial charge in [-0.2, -0.15) is 0 Å². The Labute approximate surface area is 95.2 Å². The minimum atomic E-state index is -0.921. The molecule has 2 atom stereocenters. The van der Waals surface area contributed by atoms with Crippen LogP contribution in [0.15, 0.2) is 0 Å². The first kappa shape index (κ1) is 12.6. The average molecular weight is 249 g/mol. The van der Waals surface area contributed by atoms with Crippen LogP contribution in [0, 0.1) is 10.1 Å². The molecule has 0 aromatic rings. The summed E-state index contributed by atoms with van der Waals surface area (Å²) in [6, 6.07) is -1.06. The first-order valence-corrected chi connectivity index (χ1v) is 5.48. The van der Waals surface area contributed by atoms with E-state index in [1.165, 1.54) is 0 Å². The molecule has 0 radical (unpaired) electrons. The number of carbonyl (C=O) groups is 2. The molecule has 0 aliphatic carbocycles. The lowest BCUT2D eigenvalue weighted by atomic mass is 10.3. The summed E-state index contributed by atoms with van der Waals surface area (Å²) in [5, 5.41) is 13.7. The van der Waals surface area contributed by atoms with Gasteiger partial charge < -0.3 is 15.5 Å². The molecule has 1 fully saturated rings. The molecule has 1 aliphatic heterocycles. The van der Waals surface area contributed by atoms with Crippen LogP contribution in [0.25, 0.3) is 0 Å². The molecule has 0 bridgehead atoms. The summed E-state index contributed by atoms with van der Waals surface area (Å²) >= 11 is 1.03. The molecule has 9 heteroatoms. The molecule has 2 amide bonds. The van der Waals surface area contributed by atoms with Gasteiger partial charge in [0.15, 0.2) is 0 Å². The van der Waals surface area contributed by atoms with E-state index in [2.05, 4.69) is 15.5 Å². The van der Waals surface area contributed by atoms with Crippen molar-refractivity contribution in [2.24, 2.45) is 0 Å². The summed E-state index contributed by atoms with van der Waals surface area (Å²) in [6.45, 7) is 1.36. The number of hydrogen-bond acceptors (Lipinski definition) is 6. The number of thioether (sulfide) groups is 1. The number of hydrogen-bond donors (Lipinski definition) is 2. The predicted octanol–water partition coefficient (Wildman–Crippen LogP) is -0.476. The summed E-state index contributed by atoms with van der Waals surface area (Å²) in [5.41, 5.74) is 0. The van der Waals surface area contributed by atoms with Crippen LogP contribution < -0.4 is 10.6 Å². The van der Waals surface area contributed by atoms with Crippen molar-refractivity contribution in [3.05, 3.63) is 10.1 Å². The van der Waals surface area contributed by atoms with Gasteiger partial charge in [-0.05, 0) is 6.92 Å². The van der Waals surface area contributed by atoms with Crippen LogP contribution in [0.2, 0.25) is 0 Å². The molecule has 2 N–H and O–H groups in total. The van der Waals surface area contributed by atoms with Crippen molar-refractivity contribution >= 4 is 22.9 Å². The normalized spacial score (nSPS) is 21.1. The summed E-state index contributed by atoms with van der Waals surface area (Å²) in [5.74, 6) is 0.00538. The number of amides is 2. The molecule has 1 aliphatic rings. The molecule has 16 heavy (non-hydrogen) atoms. The van der Waals surface area contributed by atoms with Crippen molar-refractivity contribution in [3.8, 4) is 0 Å². The van der Waals surface area contributed by atoms with Crippen molar-refractivity contribution in [3.63, 3.8) is 0 Å². The fourth-order valence-corrected chi connectivity index (χ4v) is 1.86. The Hall–Kier alpha value is -1.51. The molecule has 0 aromatic carbocycles. The van der Waals surface area contributed by atoms with Gasteiger partial charge in [-0.1, -0.05) is 11.8 Å². The summed E-state index contributed by atoms with van der Waals surface area (Å²) in [4.78, 5) is 36.3. The molecule has 8 nitrogen and oxygen atoms in total. The minimum absolute atomic E-state index is 0.216. The summed E-state index contributed by atoms with van der Waals surface area (Å²) in [6.07, 6.45) is 0. The van der Waals surface area contributed by atoms with Crippen LogP contribution >= 0.6 is 11.8 Å². The maximum absolute atomic E-state index is 11.5. The van der Waals surface area contributed by atoms with Crippen LogP contribution in [-0.4, -0.2) is 40.7 Å². The highest BCUT2D eigenvalue weighted by Crippen LogP contribution is 2.12. The average Bonchev–Trinajstić information content (AvgIpc) is 2.62. The zero-order valence-corrected chi connectivity index (χ0v) is 9.28. The summed E-state index contributed by atoms with van der Waals surface area (Å²) in [7, 11) is 0. The predicted molar refractivity (Wildman–Crippen MR) is 55.3 cm³/mol. The van der Waals surface area contributed by atoms with Crippen LogP contribution in [0.4, 0.5) is 4.79 Å². The van der Waals surface area contributed by atoms with Gasteiger partial charge in [-0.15, -0.1) is 10.1 Å². The zero-order chi connectivity index (χ0) is 12.1. The SMILES string of the molecule is C[C@H](CO[N+](=O)[O-])NC(=O)[C@H]1CSC(=O)N1. The van der Waals surface area contributed by atoms with E-state index in [9.17, 15) is 19.7 Å². The Morgan fingerprint density at radius 2 is 2.56 bits per heavy atom. The van der Waals surface area contributed by atoms with E-state index in [-0.39, 0.29) is 17.8 Å². The van der Waals surface area contributed by atoms with E-state index >= 15 is 0 Å². The van der Waals surface area contributed by atoms with Gasteiger partial charge in [0.2, 0.25) is 5.91 Å². The molecular formula is C7H11N3O5S. The molecule has 0 saturated carbocycles. The fourth-order valence-electron chi connectivity index (χ4n) is 1.08. The number of carbonyl (C=O) groups excluding carboxylic acids is 2. The van der Waals surface area contributed by atoms with E-state index in [0.29, 0.717) is 5.75 Å². The molecule has 0 unspecified atom stereocenters. The second-order valence-electron chi connectivity index (χ2n) is 3.22. The van der Waals surface area contributed by atoms with Gasteiger partial charge in [-0.25, -0.2) is 0 Å². The maximum atomic E-state index is 11.5. The second kappa shape index (κ2) is 5.54. The van der Waals surface area contributed by atoms with Gasteiger partial charge >= 0.3 is 0 Å². The third kappa shape index (κ3) is 3.93. The van der Waals surface area contributed by atoms with E-state index in [1.807, 2.05) is 0 Å². The third-order valence-corrected chi connectivity index (χ3v) is 2.69. The first-order valence-electron chi connectivity index (χ1n) is 4.50. The largest absolute Gasteiger partial charge is 0.350 e. The maximum Gasteiger partial charge on any atom is 0.294 e. The molecule has 1 heterocycles. The Morgan fingerprint density at radius 3 is 3.06 bits per heavy atom. The van der Waals surface area contributed by atoms with Gasteiger partial charge in [0, 0.05) is 11.8 Å². The zero-order valence-electron chi connectivity index (χ0n) is 8.47. The summed E-state index contributed by atoms with van der Waals surface area (Å²) < 4.78 is 0. The monoisotopic (exact) mass is 249 g/mol. The molecular weight excluding hydrogens is 238 g/mol. The van der Waals surface area contributed by atoms with Crippen LogP contribution in [-0.2, 0) is 9.63 Å². The van der Waals surface area contributed by atoms with Gasteiger partial charge in [-0.3, -0.25) is 9.59 Å². The van der Waals surface area contributed by atoms with E-state index < -0.39 is 17.2 Å². The Bertz CT molecular complexity index is 310. The molecule has 1 rings (SSSR count). The van der Waals surface area contributed by atoms with E-state index in [0.717, 1.165) is 11.8 Å². The minimum Gasteiger partial charge on any atom is -0.350 e. The Morgan fingerprint density at radius 1 is 1.88 bits per heavy atom. The quantitative estimate of drug-likeness (QED) is 0.503. The Kier molecular flexibility index (Phi) is 4.35. The molecule has 1 saturated heterocycles. The first-order chi connectivity index (χ1) is 7.49. The highest BCUT2D eigenvalue weighted by Gasteiger charge is 2.28. The van der Waals surface area contributed by atoms with Crippen molar-refractivity contribution < 1.29 is 19.5 Å². The van der Waals surface area contributed by atoms with Gasteiger partial charge in [0.1, 0.15) is 12.6 Å². The number of rotatable bonds is 5. The van der Waals surface area contributed by atoms with E-state index in [4.69, 9.17) is 0 Å². The van der Waals surface area contributed by atoms with E-state index in [1.54, 1.807) is 6.92 Å². The number of nitrogens with zero attached hydrogens (tertiary/aromatic N) is 1. The van der Waals surface area contributed by atoms with Crippen molar-refractivity contribution in [1.29, 1.82) is 0 Å². The van der Waals surface area contributed by atoms with Crippen LogP contribution in [0.5, 0.6) is 0 Å². The molecule has 0 spiro atoms. The van der Waals surface area contributed by atoms with Crippen molar-refractivity contribution in [2.45, 2.75) is 19.0 Å². The lowest BCUT2D eigenvalue weighted by Gasteiger charge is -2.15. The lowest BCUT2D eigenvalue weighted by Crippen LogP contribution is -2.47. The van der Waals surface area contributed by atoms with Crippen molar-refractivity contribution in [2.75, 3.05) is 12.4 Å². The van der Waals surface area contributed by atoms with Gasteiger partial charge in [0.25, 0.3) is 10.3 Å². The molecule has 90 valence electrons. The third-order valence-electron chi connectivity index (χ3n) is 1.81. The molecule has 0 aromatic heterocycles. The van der Waals surface area contributed by atoms with Crippen LogP contribution in [0.3, 0.4) is 0 Å². The second-order valence-corrected chi connectivity index (χ2v) is 4.22. The fraction of sp³-hybridized carbons (Fsp3) is 0.714. The highest BCUT2D eigenvalue weighted by atomic mass is 32.2. The van der Waals surface area contributed by atoms with Crippen LogP contribution in [0.1, 0.15) is 6.92 Å². The smallest absolute Gasteiger partial charge is 0.294 e. The van der Waals surface area contributed by atoms with Crippen molar-refractivity contribution in [1.82, 2.24) is 10.6 Å². The Balaban J connectivity index is 2.28. The number of nitrogens with one attached hydrogen (secondary N) is 2.